The molecule has 0 fully saturated rings. The Kier molecular flexibility index (Phi) is 5.14. The first-order valence-electron chi connectivity index (χ1n) is 6.70. The van der Waals surface area contributed by atoms with Crippen molar-refractivity contribution in [1.82, 2.24) is 0 Å². The third kappa shape index (κ3) is 4.02. The Balaban J connectivity index is 2.11. The normalized spacial score (nSPS) is 12.4. The van der Waals surface area contributed by atoms with E-state index in [1.54, 1.807) is 11.8 Å². The maximum atomic E-state index is 6.33. The van der Waals surface area contributed by atoms with Crippen LogP contribution in [0.4, 0.5) is 0 Å². The van der Waals surface area contributed by atoms with Crippen LogP contribution < -0.4 is 5.73 Å². The summed E-state index contributed by atoms with van der Waals surface area (Å²) in [4.78, 5) is 1.11. The van der Waals surface area contributed by atoms with Gasteiger partial charge < -0.3 is 5.73 Å². The molecular weight excluding hydrogens is 286 g/mol. The quantitative estimate of drug-likeness (QED) is 0.779. The van der Waals surface area contributed by atoms with Gasteiger partial charge in [0.1, 0.15) is 0 Å². The molecule has 0 saturated heterocycles. The van der Waals surface area contributed by atoms with Crippen LogP contribution in [0.3, 0.4) is 0 Å². The van der Waals surface area contributed by atoms with Crippen molar-refractivity contribution in [2.75, 3.05) is 0 Å². The summed E-state index contributed by atoms with van der Waals surface area (Å²) in [6.07, 6.45) is 0. The van der Waals surface area contributed by atoms with Gasteiger partial charge in [-0.05, 0) is 44.0 Å². The number of rotatable bonds is 4. The van der Waals surface area contributed by atoms with E-state index in [0.29, 0.717) is 0 Å². The molecule has 0 bridgehead atoms. The van der Waals surface area contributed by atoms with Crippen molar-refractivity contribution in [1.29, 1.82) is 0 Å². The van der Waals surface area contributed by atoms with Crippen LogP contribution in [0.2, 0.25) is 5.02 Å². The first-order valence-corrected chi connectivity index (χ1v) is 8.07. The zero-order valence-corrected chi connectivity index (χ0v) is 13.7. The molecule has 0 heterocycles. The van der Waals surface area contributed by atoms with E-state index in [1.165, 1.54) is 16.7 Å². The van der Waals surface area contributed by atoms with Crippen molar-refractivity contribution in [2.24, 2.45) is 5.73 Å². The smallest absolute Gasteiger partial charge is 0.0545 e. The van der Waals surface area contributed by atoms with Gasteiger partial charge in [-0.1, -0.05) is 47.0 Å². The van der Waals surface area contributed by atoms with Crippen molar-refractivity contribution in [3.63, 3.8) is 0 Å². The van der Waals surface area contributed by atoms with Gasteiger partial charge in [0.15, 0.2) is 0 Å². The molecule has 0 aliphatic carbocycles. The second-order valence-corrected chi connectivity index (χ2v) is 6.69. The number of aryl methyl sites for hydroxylation is 2. The van der Waals surface area contributed by atoms with Crippen molar-refractivity contribution in [2.45, 2.75) is 37.5 Å². The maximum absolute atomic E-state index is 6.33. The number of hydrogen-bond acceptors (Lipinski definition) is 2. The third-order valence-electron chi connectivity index (χ3n) is 3.16. The first-order chi connectivity index (χ1) is 9.45. The monoisotopic (exact) mass is 305 g/mol. The molecule has 0 aliphatic heterocycles. The topological polar surface area (TPSA) is 26.0 Å². The zero-order valence-electron chi connectivity index (χ0n) is 12.1. The molecule has 1 nitrogen and oxygen atoms in total. The fourth-order valence-corrected chi connectivity index (χ4v) is 3.43. The number of thioether (sulfide) groups is 1. The number of nitrogens with two attached hydrogens (primary N) is 1. The molecule has 0 radical (unpaired) electrons. The largest absolute Gasteiger partial charge is 0.324 e. The van der Waals surface area contributed by atoms with E-state index in [0.717, 1.165) is 21.2 Å². The Morgan fingerprint density at radius 2 is 1.75 bits per heavy atom. The SMILES string of the molecule is Cc1cc(C)cc(CSc2ccc(C(C)N)cc2Cl)c1. The predicted octanol–water partition coefficient (Wildman–Crippen LogP) is 5.27. The van der Waals surface area contributed by atoms with Crippen molar-refractivity contribution in [3.8, 4) is 0 Å². The van der Waals surface area contributed by atoms with Gasteiger partial charge in [-0.3, -0.25) is 0 Å². The Morgan fingerprint density at radius 3 is 2.30 bits per heavy atom. The Labute approximate surface area is 130 Å². The standard InChI is InChI=1S/C17H20ClNS/c1-11-6-12(2)8-14(7-11)10-20-17-5-4-15(13(3)19)9-16(17)18/h4-9,13H,10,19H2,1-3H3. The summed E-state index contributed by atoms with van der Waals surface area (Å²) in [5.74, 6) is 0.930. The highest BCUT2D eigenvalue weighted by Crippen LogP contribution is 2.31. The van der Waals surface area contributed by atoms with E-state index < -0.39 is 0 Å². The highest BCUT2D eigenvalue weighted by atomic mass is 35.5. The van der Waals surface area contributed by atoms with Crippen LogP contribution in [0.15, 0.2) is 41.3 Å². The lowest BCUT2D eigenvalue weighted by Gasteiger charge is -2.10. The second-order valence-electron chi connectivity index (χ2n) is 5.26. The van der Waals surface area contributed by atoms with Gasteiger partial charge in [0.05, 0.1) is 5.02 Å². The fourth-order valence-electron chi connectivity index (χ4n) is 2.23. The van der Waals surface area contributed by atoms with Gasteiger partial charge in [0.25, 0.3) is 0 Å². The molecule has 0 aliphatic rings. The molecule has 2 aromatic rings. The van der Waals surface area contributed by atoms with Crippen LogP contribution in [-0.4, -0.2) is 0 Å². The minimum Gasteiger partial charge on any atom is -0.324 e. The summed E-state index contributed by atoms with van der Waals surface area (Å²) in [5.41, 5.74) is 10.9. The van der Waals surface area contributed by atoms with Gasteiger partial charge in [-0.25, -0.2) is 0 Å². The predicted molar refractivity (Wildman–Crippen MR) is 89.5 cm³/mol. The molecule has 1 unspecified atom stereocenters. The second kappa shape index (κ2) is 6.66. The Hall–Kier alpha value is -0.960. The van der Waals surface area contributed by atoms with Gasteiger partial charge in [-0.15, -0.1) is 11.8 Å². The van der Waals surface area contributed by atoms with Crippen molar-refractivity contribution >= 4 is 23.4 Å². The molecule has 2 N–H and O–H groups in total. The van der Waals surface area contributed by atoms with Gasteiger partial charge >= 0.3 is 0 Å². The molecule has 0 spiro atoms. The van der Waals surface area contributed by atoms with E-state index in [1.807, 2.05) is 13.0 Å². The number of benzene rings is 2. The molecule has 2 rings (SSSR count). The molecule has 2 aromatic carbocycles. The van der Waals surface area contributed by atoms with E-state index in [9.17, 15) is 0 Å². The molecule has 0 aromatic heterocycles. The molecule has 3 heteroatoms. The van der Waals surface area contributed by atoms with Crippen molar-refractivity contribution in [3.05, 3.63) is 63.7 Å². The van der Waals surface area contributed by atoms with E-state index in [2.05, 4.69) is 44.2 Å². The van der Waals surface area contributed by atoms with E-state index >= 15 is 0 Å². The minimum absolute atomic E-state index is 0.0194. The van der Waals surface area contributed by atoms with Crippen LogP contribution in [0, 0.1) is 13.8 Å². The van der Waals surface area contributed by atoms with Crippen molar-refractivity contribution < 1.29 is 0 Å². The van der Waals surface area contributed by atoms with Crippen LogP contribution in [0.1, 0.15) is 35.2 Å². The maximum Gasteiger partial charge on any atom is 0.0545 e. The summed E-state index contributed by atoms with van der Waals surface area (Å²) in [6, 6.07) is 12.8. The molecule has 0 saturated carbocycles. The highest BCUT2D eigenvalue weighted by molar-refractivity contribution is 7.98. The lowest BCUT2D eigenvalue weighted by atomic mass is 10.1. The summed E-state index contributed by atoms with van der Waals surface area (Å²) in [6.45, 7) is 6.23. The lowest BCUT2D eigenvalue weighted by Crippen LogP contribution is -2.04. The summed E-state index contributed by atoms with van der Waals surface area (Å²) in [7, 11) is 0. The summed E-state index contributed by atoms with van der Waals surface area (Å²) < 4.78 is 0. The van der Waals surface area contributed by atoms with Gasteiger partial charge in [0, 0.05) is 16.7 Å². The van der Waals surface area contributed by atoms with Crippen LogP contribution >= 0.6 is 23.4 Å². The van der Waals surface area contributed by atoms with Gasteiger partial charge in [-0.2, -0.15) is 0 Å². The number of hydrogen-bond donors (Lipinski definition) is 1. The fraction of sp³-hybridized carbons (Fsp3) is 0.294. The number of halogens is 1. The molecular formula is C17H20ClNS. The van der Waals surface area contributed by atoms with Crippen LogP contribution in [0.25, 0.3) is 0 Å². The van der Waals surface area contributed by atoms with Crippen LogP contribution in [0.5, 0.6) is 0 Å². The molecule has 106 valence electrons. The van der Waals surface area contributed by atoms with Gasteiger partial charge in [0.2, 0.25) is 0 Å². The van der Waals surface area contributed by atoms with E-state index in [4.69, 9.17) is 17.3 Å². The highest BCUT2D eigenvalue weighted by Gasteiger charge is 2.06. The van der Waals surface area contributed by atoms with E-state index in [-0.39, 0.29) is 6.04 Å². The first kappa shape index (κ1) is 15.4. The average Bonchev–Trinajstić information content (AvgIpc) is 2.36. The third-order valence-corrected chi connectivity index (χ3v) is 4.73. The summed E-state index contributed by atoms with van der Waals surface area (Å²) in [5, 5.41) is 0.786. The van der Waals surface area contributed by atoms with Crippen LogP contribution in [-0.2, 0) is 5.75 Å². The average molecular weight is 306 g/mol. The Morgan fingerprint density at radius 1 is 1.10 bits per heavy atom. The zero-order chi connectivity index (χ0) is 14.7. The Bertz CT molecular complexity index is 588. The molecule has 20 heavy (non-hydrogen) atoms. The minimum atomic E-state index is 0.0194. The summed E-state index contributed by atoms with van der Waals surface area (Å²) >= 11 is 8.09. The molecule has 0 amide bonds. The molecule has 1 atom stereocenters. The lowest BCUT2D eigenvalue weighted by molar-refractivity contribution is 0.817.